The van der Waals surface area contributed by atoms with Gasteiger partial charge in [0.2, 0.25) is 0 Å². The molecule has 0 aliphatic heterocycles. The van der Waals surface area contributed by atoms with Crippen molar-refractivity contribution in [1.29, 1.82) is 0 Å². The lowest BCUT2D eigenvalue weighted by Gasteiger charge is -2.12. The van der Waals surface area contributed by atoms with Gasteiger partial charge in [0.05, 0.1) is 0 Å². The fraction of sp³-hybridized carbons (Fsp3) is 0.500. The summed E-state index contributed by atoms with van der Waals surface area (Å²) in [6.07, 6.45) is 10.0. The highest BCUT2D eigenvalue weighted by Gasteiger charge is 2.04. The maximum absolute atomic E-state index is 5.77. The van der Waals surface area contributed by atoms with Gasteiger partial charge in [-0.2, -0.15) is 0 Å². The number of nitrogens with one attached hydrogen (secondary N) is 2. The summed E-state index contributed by atoms with van der Waals surface area (Å²) in [5, 5.41) is 7.20. The van der Waals surface area contributed by atoms with Gasteiger partial charge >= 0.3 is 0 Å². The molecule has 2 rings (SSSR count). The van der Waals surface area contributed by atoms with Crippen LogP contribution in [0.1, 0.15) is 31.2 Å². The number of halogens is 1. The SMILES string of the molecule is CN=C(NCCC1=CCCC1)NCCc1ccc(Cl)nc1. The molecule has 0 radical (unpaired) electrons. The van der Waals surface area contributed by atoms with Crippen molar-refractivity contribution < 1.29 is 0 Å². The second-order valence-electron chi connectivity index (χ2n) is 5.17. The smallest absolute Gasteiger partial charge is 0.190 e. The molecule has 21 heavy (non-hydrogen) atoms. The molecular formula is C16H23ClN4. The zero-order valence-corrected chi connectivity index (χ0v) is 13.3. The maximum atomic E-state index is 5.77. The third kappa shape index (κ3) is 5.76. The van der Waals surface area contributed by atoms with E-state index in [4.69, 9.17) is 11.6 Å². The van der Waals surface area contributed by atoms with Crippen molar-refractivity contribution in [3.05, 3.63) is 40.7 Å². The lowest BCUT2D eigenvalue weighted by Crippen LogP contribution is -2.38. The Morgan fingerprint density at radius 1 is 1.29 bits per heavy atom. The normalized spacial score (nSPS) is 15.0. The van der Waals surface area contributed by atoms with Gasteiger partial charge in [0.25, 0.3) is 0 Å². The van der Waals surface area contributed by atoms with Crippen molar-refractivity contribution in [2.75, 3.05) is 20.1 Å². The van der Waals surface area contributed by atoms with Gasteiger partial charge < -0.3 is 10.6 Å². The zero-order chi connectivity index (χ0) is 14.9. The first-order valence-corrected chi connectivity index (χ1v) is 7.88. The van der Waals surface area contributed by atoms with E-state index < -0.39 is 0 Å². The van der Waals surface area contributed by atoms with E-state index in [1.807, 2.05) is 18.3 Å². The monoisotopic (exact) mass is 306 g/mol. The predicted octanol–water partition coefficient (Wildman–Crippen LogP) is 2.94. The second-order valence-corrected chi connectivity index (χ2v) is 5.56. The molecule has 114 valence electrons. The Balaban J connectivity index is 1.64. The molecule has 0 amide bonds. The van der Waals surface area contributed by atoms with Crippen molar-refractivity contribution >= 4 is 17.6 Å². The molecule has 1 heterocycles. The minimum Gasteiger partial charge on any atom is -0.356 e. The first-order valence-electron chi connectivity index (χ1n) is 7.51. The van der Waals surface area contributed by atoms with E-state index in [2.05, 4.69) is 26.7 Å². The minimum atomic E-state index is 0.533. The number of hydrogen-bond acceptors (Lipinski definition) is 2. The fourth-order valence-electron chi connectivity index (χ4n) is 2.41. The number of guanidine groups is 1. The van der Waals surface area contributed by atoms with Crippen LogP contribution in [0.25, 0.3) is 0 Å². The van der Waals surface area contributed by atoms with Gasteiger partial charge in [0.1, 0.15) is 5.15 Å². The first-order chi connectivity index (χ1) is 10.3. The van der Waals surface area contributed by atoms with Crippen LogP contribution in [-0.4, -0.2) is 31.1 Å². The van der Waals surface area contributed by atoms with E-state index in [1.165, 1.54) is 24.8 Å². The van der Waals surface area contributed by atoms with Crippen molar-refractivity contribution in [2.45, 2.75) is 32.1 Å². The Morgan fingerprint density at radius 3 is 2.71 bits per heavy atom. The average molecular weight is 307 g/mol. The second kappa shape index (κ2) is 8.67. The van der Waals surface area contributed by atoms with Crippen LogP contribution in [0.15, 0.2) is 35.0 Å². The summed E-state index contributed by atoms with van der Waals surface area (Å²) < 4.78 is 0. The molecule has 1 aromatic heterocycles. The molecule has 0 unspecified atom stereocenters. The molecule has 2 N–H and O–H groups in total. The highest BCUT2D eigenvalue weighted by molar-refractivity contribution is 6.29. The van der Waals surface area contributed by atoms with E-state index in [0.717, 1.165) is 31.9 Å². The summed E-state index contributed by atoms with van der Waals surface area (Å²) in [7, 11) is 1.80. The number of rotatable bonds is 6. The minimum absolute atomic E-state index is 0.533. The molecule has 0 saturated heterocycles. The number of aliphatic imine (C=N–C) groups is 1. The van der Waals surface area contributed by atoms with E-state index >= 15 is 0 Å². The molecule has 0 spiro atoms. The van der Waals surface area contributed by atoms with Gasteiger partial charge in [-0.15, -0.1) is 0 Å². The lowest BCUT2D eigenvalue weighted by molar-refractivity contribution is 0.766. The molecule has 5 heteroatoms. The molecule has 0 fully saturated rings. The highest BCUT2D eigenvalue weighted by Crippen LogP contribution is 2.19. The van der Waals surface area contributed by atoms with Crippen LogP contribution in [0.5, 0.6) is 0 Å². The number of hydrogen-bond donors (Lipinski definition) is 2. The molecule has 1 aromatic rings. The summed E-state index contributed by atoms with van der Waals surface area (Å²) >= 11 is 5.77. The molecule has 0 saturated carbocycles. The van der Waals surface area contributed by atoms with Gasteiger partial charge in [-0.25, -0.2) is 4.98 Å². The van der Waals surface area contributed by atoms with E-state index in [0.29, 0.717) is 5.15 Å². The van der Waals surface area contributed by atoms with E-state index in [9.17, 15) is 0 Å². The van der Waals surface area contributed by atoms with Gasteiger partial charge in [-0.1, -0.05) is 29.3 Å². The van der Waals surface area contributed by atoms with Crippen LogP contribution in [0.3, 0.4) is 0 Å². The Labute approximate surface area is 131 Å². The topological polar surface area (TPSA) is 49.3 Å². The van der Waals surface area contributed by atoms with Crippen LogP contribution in [0.4, 0.5) is 0 Å². The summed E-state index contributed by atoms with van der Waals surface area (Å²) in [6.45, 7) is 1.76. The first kappa shape index (κ1) is 15.8. The Morgan fingerprint density at radius 2 is 2.10 bits per heavy atom. The molecule has 1 aliphatic carbocycles. The average Bonchev–Trinajstić information content (AvgIpc) is 3.01. The van der Waals surface area contributed by atoms with E-state index in [-0.39, 0.29) is 0 Å². The highest BCUT2D eigenvalue weighted by atomic mass is 35.5. The standard InChI is InChI=1S/C16H23ClN4/c1-18-16(19-10-8-13-4-2-3-5-13)20-11-9-14-6-7-15(17)21-12-14/h4,6-7,12H,2-3,5,8-11H2,1H3,(H2,18,19,20). The van der Waals surface area contributed by atoms with Gasteiger partial charge in [0.15, 0.2) is 5.96 Å². The number of pyridine rings is 1. The molecule has 0 bridgehead atoms. The van der Waals surface area contributed by atoms with Crippen LogP contribution in [-0.2, 0) is 6.42 Å². The molecular weight excluding hydrogens is 284 g/mol. The van der Waals surface area contributed by atoms with Gasteiger partial charge in [-0.05, 0) is 43.7 Å². The maximum Gasteiger partial charge on any atom is 0.190 e. The molecule has 4 nitrogen and oxygen atoms in total. The molecule has 0 atom stereocenters. The van der Waals surface area contributed by atoms with E-state index in [1.54, 1.807) is 12.6 Å². The molecule has 0 aromatic carbocycles. The van der Waals surface area contributed by atoms with Crippen molar-refractivity contribution in [3.8, 4) is 0 Å². The third-order valence-electron chi connectivity index (χ3n) is 3.59. The largest absolute Gasteiger partial charge is 0.356 e. The van der Waals surface area contributed by atoms with Crippen molar-refractivity contribution in [3.63, 3.8) is 0 Å². The summed E-state index contributed by atoms with van der Waals surface area (Å²) in [4.78, 5) is 8.31. The van der Waals surface area contributed by atoms with Gasteiger partial charge in [-0.3, -0.25) is 4.99 Å². The zero-order valence-electron chi connectivity index (χ0n) is 12.5. The summed E-state index contributed by atoms with van der Waals surface area (Å²) in [6, 6.07) is 3.82. The third-order valence-corrected chi connectivity index (χ3v) is 3.82. The Bertz CT molecular complexity index is 494. The lowest BCUT2D eigenvalue weighted by atomic mass is 10.2. The molecule has 1 aliphatic rings. The predicted molar refractivity (Wildman–Crippen MR) is 88.9 cm³/mol. The Hall–Kier alpha value is -1.55. The summed E-state index contributed by atoms with van der Waals surface area (Å²) in [5.74, 6) is 0.857. The summed E-state index contributed by atoms with van der Waals surface area (Å²) in [5.41, 5.74) is 2.74. The quantitative estimate of drug-likeness (QED) is 0.368. The van der Waals surface area contributed by atoms with Crippen molar-refractivity contribution in [1.82, 2.24) is 15.6 Å². The van der Waals surface area contributed by atoms with Gasteiger partial charge in [0, 0.05) is 26.3 Å². The van der Waals surface area contributed by atoms with Crippen molar-refractivity contribution in [2.24, 2.45) is 4.99 Å². The van der Waals surface area contributed by atoms with Crippen LogP contribution >= 0.6 is 11.6 Å². The number of allylic oxidation sites excluding steroid dienone is 1. The van der Waals surface area contributed by atoms with Crippen LogP contribution in [0, 0.1) is 0 Å². The number of nitrogens with zero attached hydrogens (tertiary/aromatic N) is 2. The number of aromatic nitrogens is 1. The van der Waals surface area contributed by atoms with Crippen LogP contribution < -0.4 is 10.6 Å². The Kier molecular flexibility index (Phi) is 6.54. The van der Waals surface area contributed by atoms with Crippen LogP contribution in [0.2, 0.25) is 5.15 Å². The fourth-order valence-corrected chi connectivity index (χ4v) is 2.52.